The summed E-state index contributed by atoms with van der Waals surface area (Å²) in [5.74, 6) is -0.948. The van der Waals surface area contributed by atoms with E-state index in [9.17, 15) is 23.5 Å². The van der Waals surface area contributed by atoms with Crippen molar-refractivity contribution in [1.29, 1.82) is 0 Å². The lowest BCUT2D eigenvalue weighted by molar-refractivity contribution is -0.341. The maximum atomic E-state index is 14.8. The Morgan fingerprint density at radius 3 is 2.38 bits per heavy atom. The highest BCUT2D eigenvalue weighted by molar-refractivity contribution is 7.43. The molecule has 0 bridgehead atoms. The number of halogens is 1. The van der Waals surface area contributed by atoms with Gasteiger partial charge in [-0.2, -0.15) is 0 Å². The molecule has 0 fully saturated rings. The molecule has 3 heterocycles. The molecule has 13 nitrogen and oxygen atoms in total. The van der Waals surface area contributed by atoms with Gasteiger partial charge in [0.1, 0.15) is 12.5 Å². The van der Waals surface area contributed by atoms with Gasteiger partial charge in [-0.15, -0.1) is 0 Å². The zero-order valence-electron chi connectivity index (χ0n) is 24.1. The molecule has 2 aromatic heterocycles. The van der Waals surface area contributed by atoms with Crippen molar-refractivity contribution in [1.82, 2.24) is 15.0 Å². The van der Waals surface area contributed by atoms with Crippen LogP contribution in [0.2, 0.25) is 0 Å². The Labute approximate surface area is 231 Å². The lowest BCUT2D eigenvalue weighted by atomic mass is 10.1. The van der Waals surface area contributed by atoms with E-state index >= 15 is 0 Å². The summed E-state index contributed by atoms with van der Waals surface area (Å²) in [7, 11) is -1.47. The molecule has 4 rings (SSSR count). The first-order valence-electron chi connectivity index (χ1n) is 12.6. The number of rotatable bonds is 10. The van der Waals surface area contributed by atoms with Crippen LogP contribution < -0.4 is 33.6 Å². The van der Waals surface area contributed by atoms with Gasteiger partial charge in [0.15, 0.2) is 34.5 Å². The van der Waals surface area contributed by atoms with Crippen LogP contribution in [0.15, 0.2) is 30.5 Å². The second-order valence-corrected chi connectivity index (χ2v) is 10.1. The molecule has 0 radical (unpaired) electrons. The van der Waals surface area contributed by atoms with Crippen molar-refractivity contribution < 1.29 is 49.7 Å². The fourth-order valence-corrected chi connectivity index (χ4v) is 4.10. The predicted molar refractivity (Wildman–Crippen MR) is 134 cm³/mol. The lowest BCUT2D eigenvalue weighted by Gasteiger charge is -2.39. The summed E-state index contributed by atoms with van der Waals surface area (Å²) >= 11 is 0. The standard InChI is InChI=1S/C25H28FN4O9P/c1-25(2)24(31)30(13-38-40(32,33)34)23-18(39-25)7-6-15(28-23)11-17-16(26)12-27-21(29-17)10-14-8-19(35-3)22(37-5)20(9-14)36-4/h6-9,12H,10-11,13H2,1-5H3,(H2,32,33,34)/p-2/i13D2. The Morgan fingerprint density at radius 2 is 1.77 bits per heavy atom. The molecule has 0 unspecified atom stereocenters. The van der Waals surface area contributed by atoms with Gasteiger partial charge in [-0.1, -0.05) is 0 Å². The largest absolute Gasteiger partial charge is 0.790 e. The Kier molecular flexibility index (Phi) is 7.48. The number of carbonyl (C=O) groups excluding carboxylic acids is 1. The van der Waals surface area contributed by atoms with Crippen LogP contribution in [0.1, 0.15) is 39.4 Å². The van der Waals surface area contributed by atoms with Crippen LogP contribution in [0.4, 0.5) is 10.2 Å². The Morgan fingerprint density at radius 1 is 1.10 bits per heavy atom. The number of hydrogen-bond donors (Lipinski definition) is 0. The van der Waals surface area contributed by atoms with Crippen LogP contribution in [-0.2, 0) is 26.7 Å². The fraction of sp³-hybridized carbons (Fsp3) is 0.360. The first kappa shape index (κ1) is 26.4. The number of amides is 1. The molecule has 40 heavy (non-hydrogen) atoms. The highest BCUT2D eigenvalue weighted by atomic mass is 31.2. The van der Waals surface area contributed by atoms with Gasteiger partial charge in [0.2, 0.25) is 5.75 Å². The van der Waals surface area contributed by atoms with Crippen molar-refractivity contribution in [2.75, 3.05) is 32.9 Å². The van der Waals surface area contributed by atoms with Crippen LogP contribution in [0.3, 0.4) is 0 Å². The molecule has 0 saturated carbocycles. The molecular formula is C25H26FN4O9P-2. The Hall–Kier alpha value is -3.84. The number of ether oxygens (including phenoxy) is 4. The highest BCUT2D eigenvalue weighted by Crippen LogP contribution is 2.39. The van der Waals surface area contributed by atoms with E-state index < -0.39 is 37.6 Å². The quantitative estimate of drug-likeness (QED) is 0.319. The van der Waals surface area contributed by atoms with Gasteiger partial charge in [0, 0.05) is 18.5 Å². The van der Waals surface area contributed by atoms with Crippen molar-refractivity contribution in [3.63, 3.8) is 0 Å². The Bertz CT molecular complexity index is 1550. The van der Waals surface area contributed by atoms with E-state index in [1.165, 1.54) is 47.3 Å². The number of nitrogens with zero attached hydrogens (tertiary/aromatic N) is 4. The summed E-state index contributed by atoms with van der Waals surface area (Å²) in [5, 5.41) is 0. The van der Waals surface area contributed by atoms with E-state index in [1.807, 2.05) is 0 Å². The monoisotopic (exact) mass is 578 g/mol. The van der Waals surface area contributed by atoms with Gasteiger partial charge < -0.3 is 37.8 Å². The molecule has 214 valence electrons. The summed E-state index contributed by atoms with van der Waals surface area (Å²) in [4.78, 5) is 48.4. The van der Waals surface area contributed by atoms with Crippen molar-refractivity contribution in [2.24, 2.45) is 0 Å². The summed E-state index contributed by atoms with van der Waals surface area (Å²) in [6, 6.07) is 6.18. The molecule has 0 N–H and O–H groups in total. The third kappa shape index (κ3) is 6.31. The molecule has 1 amide bonds. The minimum absolute atomic E-state index is 0.0716. The number of pyridine rings is 1. The van der Waals surface area contributed by atoms with E-state index in [-0.39, 0.29) is 40.7 Å². The average Bonchev–Trinajstić information content (AvgIpc) is 2.89. The van der Waals surface area contributed by atoms with E-state index in [0.29, 0.717) is 22.8 Å². The average molecular weight is 578 g/mol. The van der Waals surface area contributed by atoms with Gasteiger partial charge in [-0.25, -0.2) is 19.3 Å². The first-order chi connectivity index (χ1) is 19.6. The number of phosphoric ester groups is 1. The Balaban J connectivity index is 1.68. The van der Waals surface area contributed by atoms with Gasteiger partial charge in [-0.3, -0.25) is 9.69 Å². The van der Waals surface area contributed by atoms with Crippen molar-refractivity contribution in [3.8, 4) is 23.0 Å². The van der Waals surface area contributed by atoms with Crippen LogP contribution in [0, 0.1) is 5.82 Å². The van der Waals surface area contributed by atoms with E-state index in [2.05, 4.69) is 19.5 Å². The summed E-state index contributed by atoms with van der Waals surface area (Å²) < 4.78 is 67.8. The number of carbonyl (C=O) groups is 1. The molecule has 0 aliphatic carbocycles. The van der Waals surface area contributed by atoms with E-state index in [4.69, 9.17) is 21.7 Å². The van der Waals surface area contributed by atoms with Crippen LogP contribution in [-0.4, -0.2) is 54.5 Å². The number of anilines is 1. The molecule has 0 spiro atoms. The zero-order chi connectivity index (χ0) is 31.0. The second-order valence-electron chi connectivity index (χ2n) is 8.98. The van der Waals surface area contributed by atoms with Gasteiger partial charge >= 0.3 is 0 Å². The van der Waals surface area contributed by atoms with Gasteiger partial charge in [0.05, 0.1) is 43.8 Å². The highest BCUT2D eigenvalue weighted by Gasteiger charge is 2.42. The first-order valence-corrected chi connectivity index (χ1v) is 13.1. The molecule has 1 aliphatic heterocycles. The number of phosphoric acid groups is 1. The van der Waals surface area contributed by atoms with Crippen LogP contribution >= 0.6 is 7.82 Å². The minimum atomic E-state index is -5.88. The molecule has 1 aliphatic rings. The summed E-state index contributed by atoms with van der Waals surface area (Å²) in [6.45, 7) is -0.810. The van der Waals surface area contributed by atoms with Crippen molar-refractivity contribution in [2.45, 2.75) is 32.3 Å². The van der Waals surface area contributed by atoms with E-state index in [1.54, 1.807) is 12.1 Å². The number of fused-ring (bicyclic) bond motifs is 1. The number of benzene rings is 1. The van der Waals surface area contributed by atoms with Gasteiger partial charge in [0.25, 0.3) is 5.91 Å². The fourth-order valence-electron chi connectivity index (χ4n) is 3.92. The second kappa shape index (κ2) is 11.3. The molecular weight excluding hydrogens is 550 g/mol. The molecule has 3 aromatic rings. The third-order valence-electron chi connectivity index (χ3n) is 5.74. The normalized spacial score (nSPS) is 15.5. The molecule has 15 heteroatoms. The third-order valence-corrected chi connectivity index (χ3v) is 6.04. The van der Waals surface area contributed by atoms with Crippen LogP contribution in [0.5, 0.6) is 23.0 Å². The van der Waals surface area contributed by atoms with Gasteiger partial charge in [-0.05, 0) is 43.7 Å². The van der Waals surface area contributed by atoms with Crippen LogP contribution in [0.25, 0.3) is 0 Å². The molecule has 0 saturated heterocycles. The number of hydrogen-bond acceptors (Lipinski definition) is 12. The topological polar surface area (TPSA) is 168 Å². The van der Waals surface area contributed by atoms with Crippen molar-refractivity contribution in [3.05, 3.63) is 59.1 Å². The smallest absolute Gasteiger partial charge is 0.273 e. The minimum Gasteiger partial charge on any atom is -0.790 e. The SMILES string of the molecule is [2H]C([2H])(OP(=O)([O-])[O-])N1C(=O)C(C)(C)Oc2ccc(Cc3nc(Cc4cc(OC)c(OC)c(OC)c4)ncc3F)nc21. The van der Waals surface area contributed by atoms with E-state index in [0.717, 1.165) is 6.20 Å². The maximum absolute atomic E-state index is 14.8. The predicted octanol–water partition coefficient (Wildman–Crippen LogP) is 1.52. The summed E-state index contributed by atoms with van der Waals surface area (Å²) in [5.41, 5.74) is -0.949. The number of aromatic nitrogens is 3. The zero-order valence-corrected chi connectivity index (χ0v) is 23.0. The molecule has 1 aromatic carbocycles. The number of methoxy groups -OCH3 is 3. The van der Waals surface area contributed by atoms with Crippen molar-refractivity contribution >= 4 is 19.5 Å². The lowest BCUT2D eigenvalue weighted by Crippen LogP contribution is -2.53. The summed E-state index contributed by atoms with van der Waals surface area (Å²) in [6.07, 6.45) is 0.914. The maximum Gasteiger partial charge on any atom is 0.273 e. The molecule has 0 atom stereocenters.